The Morgan fingerprint density at radius 3 is 2.95 bits per heavy atom. The highest BCUT2D eigenvalue weighted by Gasteiger charge is 2.20. The van der Waals surface area contributed by atoms with Gasteiger partial charge in [0.2, 0.25) is 5.91 Å². The molecular weight excluding hydrogens is 236 g/mol. The van der Waals surface area contributed by atoms with Crippen LogP contribution in [0.3, 0.4) is 0 Å². The second-order valence-corrected chi connectivity index (χ2v) is 5.92. The standard InChI is InChI=1S/C16H24N2O/c1-11-4-3-5-14(9-11)18-16(19)10-13-8-12(2)6-7-15(13)17/h6-8,11,14H,3-5,9-10,17H2,1-2H3,(H,18,19)/t11-,14+/m1/s1. The maximum Gasteiger partial charge on any atom is 0.224 e. The van der Waals surface area contributed by atoms with Crippen LogP contribution in [0.25, 0.3) is 0 Å². The molecule has 2 atom stereocenters. The predicted molar refractivity (Wildman–Crippen MR) is 78.9 cm³/mol. The maximum atomic E-state index is 12.1. The van der Waals surface area contributed by atoms with E-state index in [9.17, 15) is 4.79 Å². The van der Waals surface area contributed by atoms with Crippen molar-refractivity contribution >= 4 is 11.6 Å². The van der Waals surface area contributed by atoms with Crippen LogP contribution in [-0.2, 0) is 11.2 Å². The number of amides is 1. The van der Waals surface area contributed by atoms with Crippen LogP contribution in [0.2, 0.25) is 0 Å². The molecule has 3 N–H and O–H groups in total. The van der Waals surface area contributed by atoms with E-state index in [2.05, 4.69) is 12.2 Å². The highest BCUT2D eigenvalue weighted by molar-refractivity contribution is 5.80. The van der Waals surface area contributed by atoms with E-state index < -0.39 is 0 Å². The van der Waals surface area contributed by atoms with Gasteiger partial charge in [-0.25, -0.2) is 0 Å². The van der Waals surface area contributed by atoms with Gasteiger partial charge >= 0.3 is 0 Å². The van der Waals surface area contributed by atoms with Crippen LogP contribution in [0, 0.1) is 12.8 Å². The number of aryl methyl sites for hydroxylation is 1. The summed E-state index contributed by atoms with van der Waals surface area (Å²) in [5.41, 5.74) is 8.69. The zero-order valence-corrected chi connectivity index (χ0v) is 11.9. The number of anilines is 1. The summed E-state index contributed by atoms with van der Waals surface area (Å²) < 4.78 is 0. The fourth-order valence-electron chi connectivity index (χ4n) is 2.90. The molecule has 1 aromatic rings. The molecule has 3 heteroatoms. The SMILES string of the molecule is Cc1ccc(N)c(CC(=O)N[C@H]2CCC[C@@H](C)C2)c1. The molecule has 1 aliphatic carbocycles. The summed E-state index contributed by atoms with van der Waals surface area (Å²) in [6.07, 6.45) is 5.11. The van der Waals surface area contributed by atoms with E-state index >= 15 is 0 Å². The van der Waals surface area contributed by atoms with Crippen LogP contribution in [0.5, 0.6) is 0 Å². The highest BCUT2D eigenvalue weighted by Crippen LogP contribution is 2.23. The molecule has 1 amide bonds. The third-order valence-electron chi connectivity index (χ3n) is 3.95. The topological polar surface area (TPSA) is 55.1 Å². The van der Waals surface area contributed by atoms with Gasteiger partial charge in [0.1, 0.15) is 0 Å². The number of carbonyl (C=O) groups is 1. The van der Waals surface area contributed by atoms with Crippen LogP contribution in [0.1, 0.15) is 43.7 Å². The third-order valence-corrected chi connectivity index (χ3v) is 3.95. The summed E-state index contributed by atoms with van der Waals surface area (Å²) >= 11 is 0. The molecular formula is C16H24N2O. The first kappa shape index (κ1) is 13.9. The average Bonchev–Trinajstić information content (AvgIpc) is 2.34. The van der Waals surface area contributed by atoms with Crippen molar-refractivity contribution in [2.75, 3.05) is 5.73 Å². The molecule has 0 heterocycles. The number of rotatable bonds is 3. The van der Waals surface area contributed by atoms with E-state index in [4.69, 9.17) is 5.73 Å². The molecule has 0 radical (unpaired) electrons. The van der Waals surface area contributed by atoms with E-state index in [1.807, 2.05) is 25.1 Å². The summed E-state index contributed by atoms with van der Waals surface area (Å²) in [7, 11) is 0. The van der Waals surface area contributed by atoms with E-state index in [-0.39, 0.29) is 5.91 Å². The van der Waals surface area contributed by atoms with E-state index in [0.717, 1.165) is 29.9 Å². The Bertz CT molecular complexity index is 456. The van der Waals surface area contributed by atoms with Crippen molar-refractivity contribution in [2.24, 2.45) is 5.92 Å². The van der Waals surface area contributed by atoms with Crippen molar-refractivity contribution < 1.29 is 4.79 Å². The number of hydrogen-bond acceptors (Lipinski definition) is 2. The van der Waals surface area contributed by atoms with Crippen LogP contribution < -0.4 is 11.1 Å². The van der Waals surface area contributed by atoms with E-state index in [1.54, 1.807) is 0 Å². The fourth-order valence-corrected chi connectivity index (χ4v) is 2.90. The Balaban J connectivity index is 1.92. The Labute approximate surface area is 115 Å². The number of nitrogen functional groups attached to an aromatic ring is 1. The third kappa shape index (κ3) is 3.98. The number of carbonyl (C=O) groups excluding carboxylic acids is 1. The van der Waals surface area contributed by atoms with E-state index in [1.165, 1.54) is 12.8 Å². The molecule has 0 saturated heterocycles. The zero-order valence-electron chi connectivity index (χ0n) is 11.9. The average molecular weight is 260 g/mol. The van der Waals surface area contributed by atoms with Crippen LogP contribution in [-0.4, -0.2) is 11.9 Å². The Kier molecular flexibility index (Phi) is 4.46. The van der Waals surface area contributed by atoms with Gasteiger partial charge in [-0.1, -0.05) is 37.5 Å². The summed E-state index contributed by atoms with van der Waals surface area (Å²) in [5, 5.41) is 3.15. The van der Waals surface area contributed by atoms with Crippen LogP contribution in [0.4, 0.5) is 5.69 Å². The lowest BCUT2D eigenvalue weighted by Crippen LogP contribution is -2.38. The lowest BCUT2D eigenvalue weighted by Gasteiger charge is -2.27. The molecule has 104 valence electrons. The van der Waals surface area contributed by atoms with Crippen molar-refractivity contribution in [1.82, 2.24) is 5.32 Å². The molecule has 1 aliphatic rings. The van der Waals surface area contributed by atoms with Gasteiger partial charge in [0.25, 0.3) is 0 Å². The number of nitrogens with two attached hydrogens (primary N) is 1. The van der Waals surface area contributed by atoms with Gasteiger partial charge in [0, 0.05) is 11.7 Å². The lowest BCUT2D eigenvalue weighted by molar-refractivity contribution is -0.121. The summed E-state index contributed by atoms with van der Waals surface area (Å²) in [5.74, 6) is 0.819. The zero-order chi connectivity index (χ0) is 13.8. The minimum absolute atomic E-state index is 0.0939. The van der Waals surface area contributed by atoms with Crippen LogP contribution >= 0.6 is 0 Å². The Morgan fingerprint density at radius 1 is 1.42 bits per heavy atom. The first-order valence-electron chi connectivity index (χ1n) is 7.19. The van der Waals surface area contributed by atoms with Crippen molar-refractivity contribution in [1.29, 1.82) is 0 Å². The quantitative estimate of drug-likeness (QED) is 0.821. The molecule has 1 fully saturated rings. The number of nitrogens with one attached hydrogen (secondary N) is 1. The summed E-state index contributed by atoms with van der Waals surface area (Å²) in [6.45, 7) is 4.28. The van der Waals surface area contributed by atoms with Gasteiger partial charge in [-0.3, -0.25) is 4.79 Å². The molecule has 19 heavy (non-hydrogen) atoms. The Morgan fingerprint density at radius 2 is 2.21 bits per heavy atom. The maximum absolute atomic E-state index is 12.1. The molecule has 1 saturated carbocycles. The van der Waals surface area contributed by atoms with Gasteiger partial charge in [-0.05, 0) is 37.3 Å². The summed E-state index contributed by atoms with van der Waals surface area (Å²) in [4.78, 5) is 12.1. The number of hydrogen-bond donors (Lipinski definition) is 2. The molecule has 0 aromatic heterocycles. The van der Waals surface area contributed by atoms with Gasteiger partial charge in [0.05, 0.1) is 6.42 Å². The van der Waals surface area contributed by atoms with Gasteiger partial charge in [-0.2, -0.15) is 0 Å². The molecule has 0 aliphatic heterocycles. The molecule has 0 unspecified atom stereocenters. The van der Waals surface area contributed by atoms with Gasteiger partial charge in [0.15, 0.2) is 0 Å². The second-order valence-electron chi connectivity index (χ2n) is 5.92. The fraction of sp³-hybridized carbons (Fsp3) is 0.562. The van der Waals surface area contributed by atoms with Crippen molar-refractivity contribution in [3.05, 3.63) is 29.3 Å². The lowest BCUT2D eigenvalue weighted by atomic mass is 9.87. The Hall–Kier alpha value is -1.51. The minimum Gasteiger partial charge on any atom is -0.398 e. The minimum atomic E-state index is 0.0939. The van der Waals surface area contributed by atoms with E-state index in [0.29, 0.717) is 18.2 Å². The van der Waals surface area contributed by atoms with Crippen molar-refractivity contribution in [3.63, 3.8) is 0 Å². The largest absolute Gasteiger partial charge is 0.398 e. The van der Waals surface area contributed by atoms with Crippen molar-refractivity contribution in [3.8, 4) is 0 Å². The highest BCUT2D eigenvalue weighted by atomic mass is 16.1. The number of benzene rings is 1. The monoisotopic (exact) mass is 260 g/mol. The predicted octanol–water partition coefficient (Wildman–Crippen LogP) is 2.81. The summed E-state index contributed by atoms with van der Waals surface area (Å²) in [6, 6.07) is 6.20. The second kappa shape index (κ2) is 6.09. The normalized spacial score (nSPS) is 23.1. The first-order chi connectivity index (χ1) is 9.04. The smallest absolute Gasteiger partial charge is 0.224 e. The molecule has 0 bridgehead atoms. The first-order valence-corrected chi connectivity index (χ1v) is 7.19. The molecule has 1 aromatic carbocycles. The molecule has 3 nitrogen and oxygen atoms in total. The van der Waals surface area contributed by atoms with Crippen molar-refractivity contribution in [2.45, 2.75) is 52.0 Å². The van der Waals surface area contributed by atoms with Gasteiger partial charge < -0.3 is 11.1 Å². The molecule has 0 spiro atoms. The van der Waals surface area contributed by atoms with Crippen LogP contribution in [0.15, 0.2) is 18.2 Å². The molecule has 2 rings (SSSR count). The van der Waals surface area contributed by atoms with Gasteiger partial charge in [-0.15, -0.1) is 0 Å².